The largest absolute Gasteiger partial charge is 0.501 e. The fourth-order valence-corrected chi connectivity index (χ4v) is 3.76. The number of furan rings is 1. The number of carbonyl (C=O) groups excluding carboxylic acids is 1. The normalized spacial score (nSPS) is 13.0. The van der Waals surface area contributed by atoms with Crippen molar-refractivity contribution >= 4 is 18.1 Å². The van der Waals surface area contributed by atoms with Crippen molar-refractivity contribution in [1.29, 1.82) is 0 Å². The molecule has 0 fully saturated rings. The molecule has 0 radical (unpaired) electrons. The summed E-state index contributed by atoms with van der Waals surface area (Å²) in [6, 6.07) is 15.2. The van der Waals surface area contributed by atoms with Gasteiger partial charge in [0.1, 0.15) is 42.0 Å². The van der Waals surface area contributed by atoms with Crippen LogP contribution < -0.4 is 14.2 Å². The van der Waals surface area contributed by atoms with Crippen LogP contribution in [0.5, 0.6) is 17.2 Å². The molecular weight excluding hydrogens is 432 g/mol. The van der Waals surface area contributed by atoms with Gasteiger partial charge in [0.25, 0.3) is 6.47 Å². The summed E-state index contributed by atoms with van der Waals surface area (Å²) < 4.78 is 28.2. The summed E-state index contributed by atoms with van der Waals surface area (Å²) in [4.78, 5) is 10.9. The lowest BCUT2D eigenvalue weighted by Gasteiger charge is -2.12. The highest BCUT2D eigenvalue weighted by Gasteiger charge is 2.16. The molecule has 0 saturated heterocycles. The molecule has 0 bridgehead atoms. The van der Waals surface area contributed by atoms with E-state index in [1.54, 1.807) is 13.2 Å². The van der Waals surface area contributed by atoms with Crippen molar-refractivity contribution in [3.8, 4) is 17.2 Å². The molecule has 4 rings (SSSR count). The van der Waals surface area contributed by atoms with Crippen LogP contribution in [0, 0.1) is 0 Å². The van der Waals surface area contributed by atoms with Gasteiger partial charge >= 0.3 is 0 Å². The number of hydrogen-bond donors (Lipinski definition) is 0. The third-order valence-electron chi connectivity index (χ3n) is 5.77. The van der Waals surface area contributed by atoms with Crippen molar-refractivity contribution in [2.45, 2.75) is 39.9 Å². The van der Waals surface area contributed by atoms with E-state index in [2.05, 4.69) is 0 Å². The van der Waals surface area contributed by atoms with Crippen molar-refractivity contribution in [1.82, 2.24) is 0 Å². The minimum Gasteiger partial charge on any atom is -0.501 e. The van der Waals surface area contributed by atoms with E-state index in [-0.39, 0.29) is 0 Å². The summed E-state index contributed by atoms with van der Waals surface area (Å²) >= 11 is 0. The first kappa shape index (κ1) is 23.2. The highest BCUT2D eigenvalue weighted by molar-refractivity contribution is 5.71. The van der Waals surface area contributed by atoms with Crippen molar-refractivity contribution in [3.63, 3.8) is 0 Å². The number of rotatable bonds is 10. The van der Waals surface area contributed by atoms with Crippen LogP contribution in [0.25, 0.3) is 11.6 Å². The molecule has 1 aliphatic carbocycles. The Morgan fingerprint density at radius 1 is 1.00 bits per heavy atom. The van der Waals surface area contributed by atoms with Crippen LogP contribution in [0.2, 0.25) is 0 Å². The van der Waals surface area contributed by atoms with Crippen LogP contribution in [0.1, 0.15) is 48.5 Å². The maximum absolute atomic E-state index is 10.9. The van der Waals surface area contributed by atoms with Gasteiger partial charge < -0.3 is 23.4 Å². The van der Waals surface area contributed by atoms with Crippen LogP contribution in [-0.2, 0) is 29.2 Å². The molecule has 0 spiro atoms. The van der Waals surface area contributed by atoms with Gasteiger partial charge in [0.15, 0.2) is 0 Å². The third kappa shape index (κ3) is 5.52. The molecule has 0 unspecified atom stereocenters. The number of allylic oxidation sites excluding steroid dienone is 3. The Bertz CT molecular complexity index is 1200. The highest BCUT2D eigenvalue weighted by atomic mass is 16.5. The molecule has 2 aromatic carbocycles. The predicted molar refractivity (Wildman–Crippen MR) is 130 cm³/mol. The van der Waals surface area contributed by atoms with Gasteiger partial charge in [0, 0.05) is 30.0 Å². The topological polar surface area (TPSA) is 67.1 Å². The molecule has 0 aliphatic heterocycles. The summed E-state index contributed by atoms with van der Waals surface area (Å²) in [5, 5.41) is 0. The molecule has 0 N–H and O–H groups in total. The van der Waals surface area contributed by atoms with E-state index >= 15 is 0 Å². The second kappa shape index (κ2) is 10.8. The summed E-state index contributed by atoms with van der Waals surface area (Å²) in [6.45, 7) is 5.06. The first-order valence-corrected chi connectivity index (χ1v) is 11.2. The molecule has 34 heavy (non-hydrogen) atoms. The van der Waals surface area contributed by atoms with Crippen LogP contribution in [0.4, 0.5) is 0 Å². The molecule has 1 aliphatic rings. The summed E-state index contributed by atoms with van der Waals surface area (Å²) in [5.41, 5.74) is 3.93. The molecular formula is C28H28O6. The quantitative estimate of drug-likeness (QED) is 0.329. The highest BCUT2D eigenvalue weighted by Crippen LogP contribution is 2.31. The van der Waals surface area contributed by atoms with Gasteiger partial charge in [-0.1, -0.05) is 18.2 Å². The lowest BCUT2D eigenvalue weighted by molar-refractivity contribution is -0.120. The second-order valence-corrected chi connectivity index (χ2v) is 7.97. The standard InChI is InChI=1S/C28H28O6/c1-4-19(2)26-11-9-24(15-28(26)33-18-29)31-16-20-5-7-22(8-6-20)32-17-25-14-21-13-23(30-3)10-12-27(21)34-25/h4-9,11,13-15,18H,10,12,16-17H2,1-3H3/b19-4-. The first-order chi connectivity index (χ1) is 16.6. The van der Waals surface area contributed by atoms with Crippen molar-refractivity contribution in [3.05, 3.63) is 88.6 Å². The molecule has 0 amide bonds. The Balaban J connectivity index is 1.33. The molecule has 0 atom stereocenters. The number of hydrogen-bond acceptors (Lipinski definition) is 6. The zero-order valence-electron chi connectivity index (χ0n) is 19.6. The Morgan fingerprint density at radius 3 is 2.50 bits per heavy atom. The molecule has 0 saturated carbocycles. The van der Waals surface area contributed by atoms with Gasteiger partial charge in [-0.2, -0.15) is 0 Å². The number of carbonyl (C=O) groups is 1. The molecule has 1 aromatic heterocycles. The Hall–Kier alpha value is -3.93. The fraction of sp³-hybridized carbons (Fsp3) is 0.250. The molecule has 176 valence electrons. The van der Waals surface area contributed by atoms with Gasteiger partial charge in [-0.05, 0) is 61.4 Å². The monoisotopic (exact) mass is 460 g/mol. The number of methoxy groups -OCH3 is 1. The molecule has 6 heteroatoms. The lowest BCUT2D eigenvalue weighted by Crippen LogP contribution is -1.99. The second-order valence-electron chi connectivity index (χ2n) is 7.97. The Labute approximate surface area is 199 Å². The average molecular weight is 461 g/mol. The molecule has 1 heterocycles. The van der Waals surface area contributed by atoms with E-state index < -0.39 is 0 Å². The Kier molecular flexibility index (Phi) is 7.38. The van der Waals surface area contributed by atoms with Crippen LogP contribution >= 0.6 is 0 Å². The smallest absolute Gasteiger partial charge is 0.298 e. The minimum atomic E-state index is 0.358. The maximum Gasteiger partial charge on any atom is 0.298 e. The van der Waals surface area contributed by atoms with E-state index in [0.29, 0.717) is 31.2 Å². The van der Waals surface area contributed by atoms with Gasteiger partial charge in [-0.3, -0.25) is 4.79 Å². The van der Waals surface area contributed by atoms with E-state index in [9.17, 15) is 4.79 Å². The van der Waals surface area contributed by atoms with Gasteiger partial charge in [-0.15, -0.1) is 0 Å². The molecule has 6 nitrogen and oxygen atoms in total. The average Bonchev–Trinajstić information content (AvgIpc) is 3.29. The van der Waals surface area contributed by atoms with Gasteiger partial charge in [0.05, 0.1) is 12.9 Å². The summed E-state index contributed by atoms with van der Waals surface area (Å²) in [5.74, 6) is 4.57. The van der Waals surface area contributed by atoms with E-state index in [4.69, 9.17) is 23.4 Å². The number of aryl methyl sites for hydroxylation is 1. The van der Waals surface area contributed by atoms with Crippen LogP contribution in [0.15, 0.2) is 64.8 Å². The number of ether oxygens (including phenoxy) is 4. The van der Waals surface area contributed by atoms with Gasteiger partial charge in [0.2, 0.25) is 0 Å². The van der Waals surface area contributed by atoms with Crippen LogP contribution in [0.3, 0.4) is 0 Å². The van der Waals surface area contributed by atoms with E-state index in [1.807, 2.05) is 68.5 Å². The van der Waals surface area contributed by atoms with Crippen molar-refractivity contribution in [2.75, 3.05) is 7.11 Å². The SMILES string of the molecule is C/C=C(/C)c1ccc(OCc2ccc(OCc3cc4c(o3)CCC(OC)=C4)cc2)cc1OC=O. The van der Waals surface area contributed by atoms with E-state index in [1.165, 1.54) is 0 Å². The van der Waals surface area contributed by atoms with Crippen molar-refractivity contribution in [2.24, 2.45) is 0 Å². The lowest BCUT2D eigenvalue weighted by atomic mass is 10.0. The van der Waals surface area contributed by atoms with Crippen molar-refractivity contribution < 1.29 is 28.2 Å². The maximum atomic E-state index is 10.9. The summed E-state index contributed by atoms with van der Waals surface area (Å²) in [6.07, 6.45) is 5.67. The fourth-order valence-electron chi connectivity index (χ4n) is 3.76. The third-order valence-corrected chi connectivity index (χ3v) is 5.77. The van der Waals surface area contributed by atoms with Crippen LogP contribution in [-0.4, -0.2) is 13.6 Å². The zero-order chi connectivity index (χ0) is 23.9. The van der Waals surface area contributed by atoms with Gasteiger partial charge in [-0.25, -0.2) is 0 Å². The Morgan fingerprint density at radius 2 is 1.76 bits per heavy atom. The summed E-state index contributed by atoms with van der Waals surface area (Å²) in [7, 11) is 1.69. The molecule has 3 aromatic rings. The predicted octanol–water partition coefficient (Wildman–Crippen LogP) is 6.33. The minimum absolute atomic E-state index is 0.358. The first-order valence-electron chi connectivity index (χ1n) is 11.2. The van der Waals surface area contributed by atoms with E-state index in [0.717, 1.165) is 58.1 Å². The number of benzene rings is 2. The zero-order valence-corrected chi connectivity index (χ0v) is 19.6. The number of fused-ring (bicyclic) bond motifs is 1.